The Kier molecular flexibility index (Phi) is 7.91. The predicted octanol–water partition coefficient (Wildman–Crippen LogP) is -0.514. The third-order valence-electron chi connectivity index (χ3n) is 2.86. The fourth-order valence-corrected chi connectivity index (χ4v) is 1.78. The maximum absolute atomic E-state index is 11.5. The Balaban J connectivity index is 2.06. The number of nitrogens with one attached hydrogen (secondary N) is 1. The van der Waals surface area contributed by atoms with Gasteiger partial charge in [0.05, 0.1) is 25.9 Å². The first-order valence-electron chi connectivity index (χ1n) is 6.43. The predicted molar refractivity (Wildman–Crippen MR) is 67.6 cm³/mol. The van der Waals surface area contributed by atoms with Crippen LogP contribution in [0, 0.1) is 0 Å². The summed E-state index contributed by atoms with van der Waals surface area (Å²) in [5.41, 5.74) is 0. The van der Waals surface area contributed by atoms with E-state index in [1.165, 1.54) is 0 Å². The molecule has 106 valence electrons. The van der Waals surface area contributed by atoms with E-state index in [1.54, 1.807) is 7.11 Å². The topological polar surface area (TPSA) is 60.0 Å². The lowest BCUT2D eigenvalue weighted by Crippen LogP contribution is -2.47. The number of rotatable bonds is 8. The first-order valence-corrected chi connectivity index (χ1v) is 6.43. The van der Waals surface area contributed by atoms with Crippen LogP contribution in [0.1, 0.15) is 6.92 Å². The summed E-state index contributed by atoms with van der Waals surface area (Å²) < 4.78 is 15.5. The van der Waals surface area contributed by atoms with Gasteiger partial charge in [-0.15, -0.1) is 0 Å². The lowest BCUT2D eigenvalue weighted by Gasteiger charge is -2.32. The van der Waals surface area contributed by atoms with E-state index in [9.17, 15) is 4.79 Å². The average molecular weight is 260 g/mol. The largest absolute Gasteiger partial charge is 0.382 e. The summed E-state index contributed by atoms with van der Waals surface area (Å²) >= 11 is 0. The van der Waals surface area contributed by atoms with Gasteiger partial charge >= 0.3 is 0 Å². The number of carbonyl (C=O) groups excluding carboxylic acids is 1. The molecule has 1 amide bonds. The van der Waals surface area contributed by atoms with Crippen molar-refractivity contribution in [2.75, 3.05) is 59.7 Å². The molecule has 1 aliphatic rings. The summed E-state index contributed by atoms with van der Waals surface area (Å²) in [4.78, 5) is 13.8. The normalized spacial score (nSPS) is 20.9. The molecule has 0 saturated carbocycles. The summed E-state index contributed by atoms with van der Waals surface area (Å²) in [6, 6.07) is 0. The zero-order valence-corrected chi connectivity index (χ0v) is 11.3. The van der Waals surface area contributed by atoms with Gasteiger partial charge in [-0.3, -0.25) is 9.69 Å². The zero-order chi connectivity index (χ0) is 13.2. The van der Waals surface area contributed by atoms with Gasteiger partial charge in [-0.25, -0.2) is 0 Å². The molecule has 0 aromatic rings. The summed E-state index contributed by atoms with van der Waals surface area (Å²) in [6.07, 6.45) is 0.0848. The van der Waals surface area contributed by atoms with E-state index in [2.05, 4.69) is 17.1 Å². The van der Waals surface area contributed by atoms with Crippen LogP contribution in [-0.4, -0.2) is 76.6 Å². The summed E-state index contributed by atoms with van der Waals surface area (Å²) in [5, 5.41) is 2.82. The van der Waals surface area contributed by atoms with Gasteiger partial charge in [-0.1, -0.05) is 6.92 Å². The first-order chi connectivity index (χ1) is 8.76. The van der Waals surface area contributed by atoms with Gasteiger partial charge < -0.3 is 19.5 Å². The van der Waals surface area contributed by atoms with Crippen molar-refractivity contribution in [3.8, 4) is 0 Å². The number of carbonyl (C=O) groups is 1. The molecule has 0 bridgehead atoms. The molecule has 18 heavy (non-hydrogen) atoms. The molecular weight excluding hydrogens is 236 g/mol. The molecule has 1 atom stereocenters. The Morgan fingerprint density at radius 2 is 2.33 bits per heavy atom. The van der Waals surface area contributed by atoms with E-state index in [-0.39, 0.29) is 18.6 Å². The summed E-state index contributed by atoms with van der Waals surface area (Å²) in [7, 11) is 1.60. The van der Waals surface area contributed by atoms with E-state index in [1.807, 2.05) is 0 Å². The van der Waals surface area contributed by atoms with Crippen molar-refractivity contribution in [1.82, 2.24) is 10.2 Å². The van der Waals surface area contributed by atoms with Crippen molar-refractivity contribution in [2.24, 2.45) is 0 Å². The molecule has 1 saturated heterocycles. The standard InChI is InChI=1S/C12H24N2O4/c1-3-14-4-5-18-11(9-14)8-13-12(15)10-17-7-6-16-2/h11H,3-10H2,1-2H3,(H,13,15). The van der Waals surface area contributed by atoms with E-state index in [0.717, 1.165) is 26.2 Å². The van der Waals surface area contributed by atoms with E-state index >= 15 is 0 Å². The van der Waals surface area contributed by atoms with Gasteiger partial charge in [-0.2, -0.15) is 0 Å². The number of hydrogen-bond acceptors (Lipinski definition) is 5. The van der Waals surface area contributed by atoms with Gasteiger partial charge in [-0.05, 0) is 6.54 Å². The molecule has 6 heteroatoms. The minimum absolute atomic E-state index is 0.0770. The van der Waals surface area contributed by atoms with Gasteiger partial charge in [0.15, 0.2) is 0 Å². The third-order valence-corrected chi connectivity index (χ3v) is 2.86. The molecule has 0 spiro atoms. The maximum atomic E-state index is 11.5. The Morgan fingerprint density at radius 3 is 3.06 bits per heavy atom. The van der Waals surface area contributed by atoms with Crippen molar-refractivity contribution >= 4 is 5.91 Å². The fraction of sp³-hybridized carbons (Fsp3) is 0.917. The van der Waals surface area contributed by atoms with Crippen LogP contribution in [0.2, 0.25) is 0 Å². The molecule has 0 aromatic heterocycles. The minimum Gasteiger partial charge on any atom is -0.382 e. The van der Waals surface area contributed by atoms with Crippen LogP contribution in [0.15, 0.2) is 0 Å². The molecule has 1 heterocycles. The molecule has 1 rings (SSSR count). The zero-order valence-electron chi connectivity index (χ0n) is 11.3. The molecule has 0 radical (unpaired) electrons. The quantitative estimate of drug-likeness (QED) is 0.595. The van der Waals surface area contributed by atoms with Crippen LogP contribution in [0.3, 0.4) is 0 Å². The second-order valence-electron chi connectivity index (χ2n) is 4.24. The highest BCUT2D eigenvalue weighted by molar-refractivity contribution is 5.77. The number of morpholine rings is 1. The minimum atomic E-state index is -0.108. The van der Waals surface area contributed by atoms with Gasteiger partial charge in [0, 0.05) is 26.7 Å². The van der Waals surface area contributed by atoms with E-state index in [0.29, 0.717) is 19.8 Å². The Bertz CT molecular complexity index is 238. The van der Waals surface area contributed by atoms with Crippen molar-refractivity contribution < 1.29 is 19.0 Å². The second kappa shape index (κ2) is 9.27. The molecule has 0 aliphatic carbocycles. The number of likely N-dealkylation sites (N-methyl/N-ethyl adjacent to an activating group) is 1. The molecule has 0 aromatic carbocycles. The molecular formula is C12H24N2O4. The number of ether oxygens (including phenoxy) is 3. The van der Waals surface area contributed by atoms with E-state index < -0.39 is 0 Å². The van der Waals surface area contributed by atoms with Crippen LogP contribution >= 0.6 is 0 Å². The number of hydrogen-bond donors (Lipinski definition) is 1. The Labute approximate surface area is 109 Å². The van der Waals surface area contributed by atoms with Crippen LogP contribution in [0.4, 0.5) is 0 Å². The average Bonchev–Trinajstić information content (AvgIpc) is 2.41. The molecule has 1 N–H and O–H groups in total. The lowest BCUT2D eigenvalue weighted by atomic mass is 10.2. The van der Waals surface area contributed by atoms with Crippen LogP contribution in [-0.2, 0) is 19.0 Å². The Hall–Kier alpha value is -0.690. The third kappa shape index (κ3) is 6.30. The van der Waals surface area contributed by atoms with Gasteiger partial charge in [0.1, 0.15) is 6.61 Å². The maximum Gasteiger partial charge on any atom is 0.246 e. The molecule has 1 aliphatic heterocycles. The van der Waals surface area contributed by atoms with Crippen molar-refractivity contribution in [3.63, 3.8) is 0 Å². The van der Waals surface area contributed by atoms with Crippen molar-refractivity contribution in [2.45, 2.75) is 13.0 Å². The summed E-state index contributed by atoms with van der Waals surface area (Å²) in [5.74, 6) is -0.108. The van der Waals surface area contributed by atoms with Gasteiger partial charge in [0.25, 0.3) is 0 Å². The van der Waals surface area contributed by atoms with Gasteiger partial charge in [0.2, 0.25) is 5.91 Å². The molecule has 6 nitrogen and oxygen atoms in total. The highest BCUT2D eigenvalue weighted by Gasteiger charge is 2.19. The molecule has 1 fully saturated rings. The molecule has 1 unspecified atom stereocenters. The van der Waals surface area contributed by atoms with Crippen molar-refractivity contribution in [3.05, 3.63) is 0 Å². The monoisotopic (exact) mass is 260 g/mol. The number of methoxy groups -OCH3 is 1. The van der Waals surface area contributed by atoms with Crippen LogP contribution in [0.25, 0.3) is 0 Å². The fourth-order valence-electron chi connectivity index (χ4n) is 1.78. The SMILES string of the molecule is CCN1CCOC(CNC(=O)COCCOC)C1. The van der Waals surface area contributed by atoms with Crippen molar-refractivity contribution in [1.29, 1.82) is 0 Å². The van der Waals surface area contributed by atoms with E-state index in [4.69, 9.17) is 14.2 Å². The van der Waals surface area contributed by atoms with Crippen LogP contribution in [0.5, 0.6) is 0 Å². The first kappa shape index (κ1) is 15.4. The smallest absolute Gasteiger partial charge is 0.246 e. The lowest BCUT2D eigenvalue weighted by molar-refractivity contribution is -0.127. The highest BCUT2D eigenvalue weighted by atomic mass is 16.5. The second-order valence-corrected chi connectivity index (χ2v) is 4.24. The number of nitrogens with zero attached hydrogens (tertiary/aromatic N) is 1. The summed E-state index contributed by atoms with van der Waals surface area (Å²) in [6.45, 7) is 7.30. The highest BCUT2D eigenvalue weighted by Crippen LogP contribution is 2.03. The number of amides is 1. The Morgan fingerprint density at radius 1 is 1.50 bits per heavy atom. The van der Waals surface area contributed by atoms with Crippen LogP contribution < -0.4 is 5.32 Å².